The fraction of sp³-hybridized carbons (Fsp3) is 0.348. The number of nitrogens with one attached hydrogen (secondary N) is 1. The molecule has 1 N–H and O–H groups in total. The summed E-state index contributed by atoms with van der Waals surface area (Å²) >= 11 is 3.51. The predicted octanol–water partition coefficient (Wildman–Crippen LogP) is 3.60. The van der Waals surface area contributed by atoms with E-state index in [0.717, 1.165) is 40.7 Å². The number of amides is 1. The Morgan fingerprint density at radius 1 is 1.27 bits per heavy atom. The highest BCUT2D eigenvalue weighted by Gasteiger charge is 2.39. The van der Waals surface area contributed by atoms with Crippen LogP contribution in [0.5, 0.6) is 0 Å². The van der Waals surface area contributed by atoms with E-state index in [2.05, 4.69) is 49.2 Å². The number of carbonyl (C=O) groups excluding carboxylic acids is 1. The standard InChI is InChI=1S/C23H23BrN8O/c1-14-20(32-12-15-8-16(24)5-6-18(15)23(32)33)4-3-7-31(14)21-11-26-19(9-25)22(29-21)28-17-10-27-30(2)13-17/h5-6,8,10-11,13-14,20H,3-4,7,12H2,1-2H3,(H,28,29)/t14-,20-/m1/s1. The van der Waals surface area contributed by atoms with Gasteiger partial charge in [-0.2, -0.15) is 10.4 Å². The van der Waals surface area contributed by atoms with Crippen LogP contribution in [-0.2, 0) is 13.6 Å². The molecule has 0 unspecified atom stereocenters. The molecule has 0 aliphatic carbocycles. The van der Waals surface area contributed by atoms with Gasteiger partial charge < -0.3 is 15.1 Å². The number of fused-ring (bicyclic) bond motifs is 1. The molecule has 1 saturated heterocycles. The Bertz CT molecular complexity index is 1270. The van der Waals surface area contributed by atoms with Crippen molar-refractivity contribution >= 4 is 39.2 Å². The van der Waals surface area contributed by atoms with Gasteiger partial charge in [-0.05, 0) is 43.5 Å². The van der Waals surface area contributed by atoms with Gasteiger partial charge in [0.05, 0.1) is 24.1 Å². The van der Waals surface area contributed by atoms with Crippen LogP contribution < -0.4 is 10.2 Å². The zero-order chi connectivity index (χ0) is 23.1. The zero-order valence-corrected chi connectivity index (χ0v) is 19.9. The minimum Gasteiger partial charge on any atom is -0.350 e. The highest BCUT2D eigenvalue weighted by atomic mass is 79.9. The van der Waals surface area contributed by atoms with Gasteiger partial charge in [0.15, 0.2) is 11.5 Å². The van der Waals surface area contributed by atoms with Crippen molar-refractivity contribution in [1.29, 1.82) is 5.26 Å². The number of anilines is 3. The lowest BCUT2D eigenvalue weighted by Gasteiger charge is -2.43. The molecule has 2 atom stereocenters. The molecule has 10 heteroatoms. The van der Waals surface area contributed by atoms with Crippen LogP contribution in [0, 0.1) is 11.3 Å². The Balaban J connectivity index is 1.40. The predicted molar refractivity (Wildman–Crippen MR) is 127 cm³/mol. The number of rotatable bonds is 4. The number of piperidine rings is 1. The maximum Gasteiger partial charge on any atom is 0.254 e. The van der Waals surface area contributed by atoms with Crippen molar-refractivity contribution in [3.05, 3.63) is 58.1 Å². The van der Waals surface area contributed by atoms with E-state index in [1.807, 2.05) is 36.3 Å². The molecule has 2 aliphatic rings. The Kier molecular flexibility index (Phi) is 5.50. The Hall–Kier alpha value is -3.45. The average molecular weight is 507 g/mol. The highest BCUT2D eigenvalue weighted by Crippen LogP contribution is 2.34. The molecule has 0 radical (unpaired) electrons. The normalized spacial score (nSPS) is 20.0. The molecule has 9 nitrogen and oxygen atoms in total. The van der Waals surface area contributed by atoms with E-state index in [0.29, 0.717) is 18.2 Å². The molecule has 0 saturated carbocycles. The third-order valence-corrected chi connectivity index (χ3v) is 6.87. The lowest BCUT2D eigenvalue weighted by Crippen LogP contribution is -2.54. The molecule has 0 spiro atoms. The van der Waals surface area contributed by atoms with Crippen LogP contribution in [-0.4, -0.2) is 49.2 Å². The smallest absolute Gasteiger partial charge is 0.254 e. The summed E-state index contributed by atoms with van der Waals surface area (Å²) in [6.07, 6.45) is 6.99. The fourth-order valence-electron chi connectivity index (χ4n) is 4.75. The van der Waals surface area contributed by atoms with Crippen LogP contribution in [0.15, 0.2) is 41.3 Å². The molecular weight excluding hydrogens is 484 g/mol. The topological polar surface area (TPSA) is 103 Å². The summed E-state index contributed by atoms with van der Waals surface area (Å²) in [5, 5.41) is 16.8. The number of hydrogen-bond donors (Lipinski definition) is 1. The van der Waals surface area contributed by atoms with Crippen LogP contribution in [0.25, 0.3) is 0 Å². The molecule has 1 amide bonds. The van der Waals surface area contributed by atoms with Crippen molar-refractivity contribution in [2.45, 2.75) is 38.4 Å². The van der Waals surface area contributed by atoms with Crippen molar-refractivity contribution < 1.29 is 4.79 Å². The number of aromatic nitrogens is 4. The molecule has 168 valence electrons. The van der Waals surface area contributed by atoms with E-state index in [1.165, 1.54) is 0 Å². The Labute approximate surface area is 200 Å². The second kappa shape index (κ2) is 8.48. The van der Waals surface area contributed by atoms with Gasteiger partial charge in [-0.15, -0.1) is 0 Å². The highest BCUT2D eigenvalue weighted by molar-refractivity contribution is 9.10. The molecule has 0 bridgehead atoms. The van der Waals surface area contributed by atoms with Gasteiger partial charge in [0.25, 0.3) is 5.91 Å². The van der Waals surface area contributed by atoms with Crippen LogP contribution in [0.3, 0.4) is 0 Å². The molecule has 5 rings (SSSR count). The van der Waals surface area contributed by atoms with Crippen LogP contribution in [0.2, 0.25) is 0 Å². The van der Waals surface area contributed by atoms with E-state index < -0.39 is 0 Å². The first kappa shape index (κ1) is 21.4. The van der Waals surface area contributed by atoms with Gasteiger partial charge in [0, 0.05) is 42.4 Å². The second-order valence-corrected chi connectivity index (χ2v) is 9.36. The van der Waals surface area contributed by atoms with E-state index in [1.54, 1.807) is 17.1 Å². The van der Waals surface area contributed by atoms with Crippen molar-refractivity contribution in [1.82, 2.24) is 24.6 Å². The van der Waals surface area contributed by atoms with Crippen LogP contribution in [0.4, 0.5) is 17.3 Å². The molecule has 3 aromatic rings. The lowest BCUT2D eigenvalue weighted by molar-refractivity contribution is 0.0646. The minimum absolute atomic E-state index is 0.0499. The summed E-state index contributed by atoms with van der Waals surface area (Å²) in [6, 6.07) is 8.05. The van der Waals surface area contributed by atoms with Crippen LogP contribution in [0.1, 0.15) is 41.4 Å². The summed E-state index contributed by atoms with van der Waals surface area (Å²) in [4.78, 5) is 26.4. The number of hydrogen-bond acceptors (Lipinski definition) is 7. The van der Waals surface area contributed by atoms with Gasteiger partial charge >= 0.3 is 0 Å². The van der Waals surface area contributed by atoms with Crippen molar-refractivity contribution in [3.8, 4) is 6.07 Å². The first-order valence-corrected chi connectivity index (χ1v) is 11.6. The average Bonchev–Trinajstić information content (AvgIpc) is 3.36. The van der Waals surface area contributed by atoms with Gasteiger partial charge in [0.2, 0.25) is 0 Å². The Morgan fingerprint density at radius 2 is 2.12 bits per heavy atom. The third kappa shape index (κ3) is 3.93. The summed E-state index contributed by atoms with van der Waals surface area (Å²) < 4.78 is 2.66. The SMILES string of the molecule is C[C@@H]1[C@H](N2Cc3cc(Br)ccc3C2=O)CCCN1c1cnc(C#N)c(Nc2cnn(C)c2)n1. The van der Waals surface area contributed by atoms with Crippen LogP contribution >= 0.6 is 15.9 Å². The third-order valence-electron chi connectivity index (χ3n) is 6.37. The maximum absolute atomic E-state index is 13.1. The molecule has 2 aliphatic heterocycles. The van der Waals surface area contributed by atoms with Crippen molar-refractivity contribution in [3.63, 3.8) is 0 Å². The summed E-state index contributed by atoms with van der Waals surface area (Å²) in [5.41, 5.74) is 2.79. The van der Waals surface area contributed by atoms with Crippen molar-refractivity contribution in [2.24, 2.45) is 7.05 Å². The summed E-state index contributed by atoms with van der Waals surface area (Å²) in [6.45, 7) is 3.55. The van der Waals surface area contributed by atoms with E-state index >= 15 is 0 Å². The van der Waals surface area contributed by atoms with Gasteiger partial charge in [0.1, 0.15) is 11.9 Å². The van der Waals surface area contributed by atoms with Gasteiger partial charge in [-0.25, -0.2) is 9.97 Å². The fourth-order valence-corrected chi connectivity index (χ4v) is 5.16. The number of halogens is 1. The van der Waals surface area contributed by atoms with E-state index in [-0.39, 0.29) is 23.7 Å². The number of carbonyl (C=O) groups is 1. The molecule has 1 fully saturated rings. The lowest BCUT2D eigenvalue weighted by atomic mass is 9.96. The maximum atomic E-state index is 13.1. The molecule has 4 heterocycles. The molecule has 2 aromatic heterocycles. The largest absolute Gasteiger partial charge is 0.350 e. The van der Waals surface area contributed by atoms with E-state index in [4.69, 9.17) is 4.98 Å². The van der Waals surface area contributed by atoms with E-state index in [9.17, 15) is 10.1 Å². The number of nitrogens with zero attached hydrogens (tertiary/aromatic N) is 7. The van der Waals surface area contributed by atoms with Crippen molar-refractivity contribution in [2.75, 3.05) is 16.8 Å². The summed E-state index contributed by atoms with van der Waals surface area (Å²) in [5.74, 6) is 1.16. The monoisotopic (exact) mass is 506 g/mol. The summed E-state index contributed by atoms with van der Waals surface area (Å²) in [7, 11) is 1.82. The molecule has 1 aromatic carbocycles. The molecular formula is C23H23BrN8O. The first-order valence-electron chi connectivity index (χ1n) is 10.8. The number of nitriles is 1. The zero-order valence-electron chi connectivity index (χ0n) is 18.4. The first-order chi connectivity index (χ1) is 15.9. The van der Waals surface area contributed by atoms with Gasteiger partial charge in [-0.3, -0.25) is 9.48 Å². The minimum atomic E-state index is 0.0499. The quantitative estimate of drug-likeness (QED) is 0.576. The van der Waals surface area contributed by atoms with Gasteiger partial charge in [-0.1, -0.05) is 15.9 Å². The second-order valence-electron chi connectivity index (χ2n) is 8.44. The molecule has 33 heavy (non-hydrogen) atoms. The Morgan fingerprint density at radius 3 is 2.88 bits per heavy atom. The number of aryl methyl sites for hydroxylation is 1. The number of benzene rings is 1.